The number of nitrogens with two attached hydrogens (primary N) is 1. The Hall–Kier alpha value is -4.16. The van der Waals surface area contributed by atoms with Gasteiger partial charge in [0.1, 0.15) is 0 Å². The monoisotopic (exact) mass is 509 g/mol. The zero-order chi connectivity index (χ0) is 24.0. The molecule has 5 nitrogen and oxygen atoms in total. The lowest BCUT2D eigenvalue weighted by Gasteiger charge is -2.17. The fourth-order valence-corrected chi connectivity index (χ4v) is 4.55. The number of carbonyl (C=O) groups excluding carboxylic acids is 4. The number of halogens is 1. The van der Waals surface area contributed by atoms with Crippen molar-refractivity contribution in [3.05, 3.63) is 134 Å². The van der Waals surface area contributed by atoms with Crippen LogP contribution in [0, 0.1) is 0 Å². The van der Waals surface area contributed by atoms with E-state index < -0.39 is 0 Å². The molecule has 0 radical (unpaired) electrons. The van der Waals surface area contributed by atoms with Crippen molar-refractivity contribution in [2.75, 3.05) is 5.73 Å². The maximum Gasteiger partial charge on any atom is 0.194 e. The number of carbonyl (C=O) groups is 4. The van der Waals surface area contributed by atoms with Crippen LogP contribution < -0.4 is 5.73 Å². The molecule has 2 aliphatic rings. The summed E-state index contributed by atoms with van der Waals surface area (Å²) >= 11 is 3.31. The van der Waals surface area contributed by atoms with Crippen molar-refractivity contribution in [3.8, 4) is 0 Å². The minimum Gasteiger partial charge on any atom is -0.399 e. The van der Waals surface area contributed by atoms with Crippen LogP contribution in [0.25, 0.3) is 0 Å². The van der Waals surface area contributed by atoms with E-state index in [2.05, 4.69) is 15.9 Å². The highest BCUT2D eigenvalue weighted by molar-refractivity contribution is 9.10. The molecular weight excluding hydrogens is 494 g/mol. The van der Waals surface area contributed by atoms with Gasteiger partial charge in [0.15, 0.2) is 23.1 Å². The van der Waals surface area contributed by atoms with E-state index in [-0.39, 0.29) is 23.1 Å². The van der Waals surface area contributed by atoms with Gasteiger partial charge < -0.3 is 5.73 Å². The smallest absolute Gasteiger partial charge is 0.194 e. The molecule has 0 amide bonds. The second kappa shape index (κ2) is 8.32. The zero-order valence-electron chi connectivity index (χ0n) is 17.7. The molecule has 0 aliphatic heterocycles. The molecule has 4 aromatic rings. The van der Waals surface area contributed by atoms with Gasteiger partial charge in [0, 0.05) is 54.7 Å². The molecule has 34 heavy (non-hydrogen) atoms. The average Bonchev–Trinajstić information content (AvgIpc) is 2.86. The number of nitrogen functional groups attached to an aromatic ring is 1. The Labute approximate surface area is 203 Å². The van der Waals surface area contributed by atoms with Gasteiger partial charge in [-0.2, -0.15) is 0 Å². The number of fused-ring (bicyclic) bond motifs is 4. The molecule has 0 aromatic heterocycles. The number of anilines is 1. The number of ketones is 4. The van der Waals surface area contributed by atoms with E-state index in [0.717, 1.165) is 4.47 Å². The molecule has 0 unspecified atom stereocenters. The molecule has 2 aliphatic carbocycles. The largest absolute Gasteiger partial charge is 0.399 e. The van der Waals surface area contributed by atoms with Crippen LogP contribution in [0.3, 0.4) is 0 Å². The van der Waals surface area contributed by atoms with E-state index in [1.54, 1.807) is 84.9 Å². The molecule has 0 atom stereocenters. The third-order valence-corrected chi connectivity index (χ3v) is 6.33. The van der Waals surface area contributed by atoms with Crippen LogP contribution in [0.2, 0.25) is 0 Å². The highest BCUT2D eigenvalue weighted by atomic mass is 79.9. The van der Waals surface area contributed by atoms with Crippen molar-refractivity contribution in [1.82, 2.24) is 0 Å². The maximum atomic E-state index is 12.2. The van der Waals surface area contributed by atoms with Crippen molar-refractivity contribution < 1.29 is 19.2 Å². The number of rotatable bonds is 0. The summed E-state index contributed by atoms with van der Waals surface area (Å²) < 4.78 is 0.803. The van der Waals surface area contributed by atoms with Crippen molar-refractivity contribution in [2.24, 2.45) is 0 Å². The van der Waals surface area contributed by atoms with Gasteiger partial charge in [0.05, 0.1) is 0 Å². The van der Waals surface area contributed by atoms with Crippen LogP contribution in [-0.4, -0.2) is 23.1 Å². The molecule has 2 N–H and O–H groups in total. The first-order valence-corrected chi connectivity index (χ1v) is 11.2. The molecule has 0 fully saturated rings. The Balaban J connectivity index is 0.000000142. The lowest BCUT2D eigenvalue weighted by atomic mass is 9.84. The first-order chi connectivity index (χ1) is 16.4. The lowest BCUT2D eigenvalue weighted by molar-refractivity contribution is 0.0979. The zero-order valence-corrected chi connectivity index (χ0v) is 19.3. The van der Waals surface area contributed by atoms with Gasteiger partial charge in [-0.15, -0.1) is 0 Å². The standard InChI is InChI=1S/C14H7BrO2.C14H9NO2/c2*15-8-5-6-11-12(7-8)14(17)10-4-2-1-3-9(10)13(11)16/h1-7H;1-7H,15H2. The Kier molecular flexibility index (Phi) is 5.30. The van der Waals surface area contributed by atoms with Gasteiger partial charge in [-0.1, -0.05) is 64.5 Å². The molecule has 0 heterocycles. The topological polar surface area (TPSA) is 94.3 Å². The van der Waals surface area contributed by atoms with Gasteiger partial charge >= 0.3 is 0 Å². The van der Waals surface area contributed by atoms with E-state index in [0.29, 0.717) is 50.2 Å². The SMILES string of the molecule is Nc1ccc2c(c1)C(=O)c1ccccc1C2=O.O=C1c2ccccc2C(=O)c2cc(Br)ccc21. The highest BCUT2D eigenvalue weighted by Gasteiger charge is 2.30. The first-order valence-electron chi connectivity index (χ1n) is 10.4. The van der Waals surface area contributed by atoms with Crippen LogP contribution in [0.15, 0.2) is 89.4 Å². The summed E-state index contributed by atoms with van der Waals surface area (Å²) in [6, 6.07) is 23.8. The Morgan fingerprint density at radius 2 is 0.794 bits per heavy atom. The van der Waals surface area contributed by atoms with Crippen molar-refractivity contribution in [1.29, 1.82) is 0 Å². The molecule has 0 spiro atoms. The average molecular weight is 510 g/mol. The molecule has 6 heteroatoms. The van der Waals surface area contributed by atoms with Gasteiger partial charge in [0.25, 0.3) is 0 Å². The molecule has 0 saturated carbocycles. The van der Waals surface area contributed by atoms with E-state index in [9.17, 15) is 19.2 Å². The minimum absolute atomic E-state index is 0.0808. The van der Waals surface area contributed by atoms with Crippen LogP contribution in [0.5, 0.6) is 0 Å². The van der Waals surface area contributed by atoms with Crippen LogP contribution in [-0.2, 0) is 0 Å². The second-order valence-corrected chi connectivity index (χ2v) is 8.82. The summed E-state index contributed by atoms with van der Waals surface area (Å²) in [5.74, 6) is -0.420. The van der Waals surface area contributed by atoms with Crippen molar-refractivity contribution in [3.63, 3.8) is 0 Å². The number of benzene rings is 4. The lowest BCUT2D eigenvalue weighted by Crippen LogP contribution is -2.20. The van der Waals surface area contributed by atoms with Crippen LogP contribution in [0.4, 0.5) is 5.69 Å². The first kappa shape index (κ1) is 21.7. The summed E-state index contributed by atoms with van der Waals surface area (Å²) in [7, 11) is 0. The third-order valence-electron chi connectivity index (χ3n) is 5.84. The van der Waals surface area contributed by atoms with E-state index in [4.69, 9.17) is 5.73 Å². The fourth-order valence-electron chi connectivity index (χ4n) is 4.19. The summed E-state index contributed by atoms with van der Waals surface area (Å²) in [6.45, 7) is 0. The summed E-state index contributed by atoms with van der Waals surface area (Å²) in [4.78, 5) is 48.8. The molecule has 4 aromatic carbocycles. The summed E-state index contributed by atoms with van der Waals surface area (Å²) in [5, 5.41) is 0. The van der Waals surface area contributed by atoms with Gasteiger partial charge in [-0.25, -0.2) is 0 Å². The van der Waals surface area contributed by atoms with Gasteiger partial charge in [-0.3, -0.25) is 19.2 Å². The normalized spacial score (nSPS) is 13.2. The molecule has 0 saturated heterocycles. The minimum atomic E-state index is -0.137. The molecule has 0 bridgehead atoms. The van der Waals surface area contributed by atoms with E-state index in [1.165, 1.54) is 0 Å². The van der Waals surface area contributed by atoms with Gasteiger partial charge in [-0.05, 0) is 36.4 Å². The third kappa shape index (κ3) is 3.49. The maximum absolute atomic E-state index is 12.2. The highest BCUT2D eigenvalue weighted by Crippen LogP contribution is 2.29. The summed E-state index contributed by atoms with van der Waals surface area (Å²) in [5.41, 5.74) is 9.83. The molecule has 164 valence electrons. The Bertz CT molecular complexity index is 1440. The fraction of sp³-hybridized carbons (Fsp3) is 0. The quantitative estimate of drug-likeness (QED) is 0.281. The molecular formula is C28H16BrNO4. The summed E-state index contributed by atoms with van der Waals surface area (Å²) in [6.07, 6.45) is 0. The second-order valence-electron chi connectivity index (χ2n) is 7.90. The predicted molar refractivity (Wildman–Crippen MR) is 132 cm³/mol. The van der Waals surface area contributed by atoms with E-state index in [1.807, 2.05) is 0 Å². The van der Waals surface area contributed by atoms with Crippen molar-refractivity contribution >= 4 is 44.8 Å². The van der Waals surface area contributed by atoms with E-state index >= 15 is 0 Å². The van der Waals surface area contributed by atoms with Gasteiger partial charge in [0.2, 0.25) is 0 Å². The Morgan fingerprint density at radius 3 is 1.26 bits per heavy atom. The molecule has 6 rings (SSSR count). The van der Waals surface area contributed by atoms with Crippen LogP contribution in [0.1, 0.15) is 63.7 Å². The van der Waals surface area contributed by atoms with Crippen LogP contribution >= 0.6 is 15.9 Å². The Morgan fingerprint density at radius 1 is 0.441 bits per heavy atom. The van der Waals surface area contributed by atoms with Crippen molar-refractivity contribution in [2.45, 2.75) is 0 Å². The number of hydrogen-bond acceptors (Lipinski definition) is 5. The number of hydrogen-bond donors (Lipinski definition) is 1. The predicted octanol–water partition coefficient (Wildman–Crippen LogP) is 5.27.